The number of anilines is 2. The maximum absolute atomic E-state index is 4.92. The molecule has 6 nitrogen and oxygen atoms in total. The Hall–Kier alpha value is -4.45. The molecule has 6 heteroatoms. The number of aryl methyl sites for hydroxylation is 1. The van der Waals surface area contributed by atoms with Gasteiger partial charge in [-0.05, 0) is 61.6 Å². The summed E-state index contributed by atoms with van der Waals surface area (Å²) in [4.78, 5) is 7.27. The van der Waals surface area contributed by atoms with E-state index >= 15 is 0 Å². The first-order valence-electron chi connectivity index (χ1n) is 12.9. The number of hydrazone groups is 1. The third-order valence-corrected chi connectivity index (χ3v) is 6.91. The van der Waals surface area contributed by atoms with Gasteiger partial charge in [0.05, 0.1) is 28.7 Å². The lowest BCUT2D eigenvalue weighted by Crippen LogP contribution is -2.32. The quantitative estimate of drug-likeness (QED) is 0.211. The largest absolute Gasteiger partial charge is 0.356 e. The lowest BCUT2D eigenvalue weighted by atomic mass is 10.0. The van der Waals surface area contributed by atoms with Crippen molar-refractivity contribution in [1.29, 1.82) is 0 Å². The molecule has 3 heterocycles. The van der Waals surface area contributed by atoms with Crippen LogP contribution in [-0.4, -0.2) is 34.1 Å². The summed E-state index contributed by atoms with van der Waals surface area (Å²) in [5, 5.41) is 10.7. The molecule has 0 saturated carbocycles. The highest BCUT2D eigenvalue weighted by Crippen LogP contribution is 2.31. The topological polar surface area (TPSA) is 58.3 Å². The molecule has 0 aliphatic carbocycles. The summed E-state index contributed by atoms with van der Waals surface area (Å²) < 4.78 is 2.06. The highest BCUT2D eigenvalue weighted by molar-refractivity contribution is 5.96. The number of pyridine rings is 1. The van der Waals surface area contributed by atoms with Gasteiger partial charge in [-0.1, -0.05) is 66.7 Å². The van der Waals surface area contributed by atoms with Gasteiger partial charge in [0, 0.05) is 18.5 Å². The summed E-state index contributed by atoms with van der Waals surface area (Å²) in [6.07, 6.45) is 5.55. The molecule has 0 atom stereocenters. The number of aromatic nitrogens is 3. The van der Waals surface area contributed by atoms with Crippen molar-refractivity contribution in [1.82, 2.24) is 14.8 Å². The Kier molecular flexibility index (Phi) is 6.38. The maximum Gasteiger partial charge on any atom is 0.147 e. The van der Waals surface area contributed by atoms with E-state index in [2.05, 4.69) is 93.8 Å². The second-order valence-electron chi connectivity index (χ2n) is 9.43. The average molecular weight is 487 g/mol. The van der Waals surface area contributed by atoms with Gasteiger partial charge in [0.25, 0.3) is 0 Å². The van der Waals surface area contributed by atoms with Crippen LogP contribution in [0.1, 0.15) is 30.5 Å². The van der Waals surface area contributed by atoms with Crippen LogP contribution in [0.4, 0.5) is 11.6 Å². The van der Waals surface area contributed by atoms with Gasteiger partial charge in [0.2, 0.25) is 0 Å². The smallest absolute Gasteiger partial charge is 0.147 e. The Morgan fingerprint density at radius 1 is 0.838 bits per heavy atom. The third-order valence-electron chi connectivity index (χ3n) is 6.91. The van der Waals surface area contributed by atoms with Crippen molar-refractivity contribution in [2.24, 2.45) is 5.10 Å². The lowest BCUT2D eigenvalue weighted by molar-refractivity contribution is 0.567. The molecule has 6 rings (SSSR count). The zero-order valence-electron chi connectivity index (χ0n) is 21.0. The number of nitrogens with one attached hydrogen (secondary N) is 1. The molecule has 3 aromatic carbocycles. The number of para-hydroxylation sites is 2. The molecule has 184 valence electrons. The van der Waals surface area contributed by atoms with E-state index in [1.165, 1.54) is 19.3 Å². The highest BCUT2D eigenvalue weighted by Gasteiger charge is 2.22. The fourth-order valence-corrected chi connectivity index (χ4v) is 5.09. The maximum atomic E-state index is 4.92. The first kappa shape index (κ1) is 23.0. The van der Waals surface area contributed by atoms with Crippen LogP contribution in [0.3, 0.4) is 0 Å². The van der Waals surface area contributed by atoms with Gasteiger partial charge in [0.1, 0.15) is 11.6 Å². The number of hydrogen-bond acceptors (Lipinski definition) is 5. The van der Waals surface area contributed by atoms with Gasteiger partial charge >= 0.3 is 0 Å². The minimum absolute atomic E-state index is 0.710. The van der Waals surface area contributed by atoms with E-state index < -0.39 is 0 Å². The van der Waals surface area contributed by atoms with Crippen LogP contribution in [0, 0.1) is 6.92 Å². The zero-order chi connectivity index (χ0) is 25.0. The van der Waals surface area contributed by atoms with Crippen LogP contribution in [0.15, 0.2) is 96.1 Å². The Balaban J connectivity index is 1.36. The molecule has 0 bridgehead atoms. The van der Waals surface area contributed by atoms with Gasteiger partial charge in [-0.15, -0.1) is 0 Å². The van der Waals surface area contributed by atoms with Crippen LogP contribution in [0.25, 0.3) is 27.7 Å². The lowest BCUT2D eigenvalue weighted by Gasteiger charge is -2.29. The van der Waals surface area contributed by atoms with E-state index in [9.17, 15) is 0 Å². The van der Waals surface area contributed by atoms with E-state index in [1.54, 1.807) is 0 Å². The van der Waals surface area contributed by atoms with Crippen LogP contribution >= 0.6 is 0 Å². The van der Waals surface area contributed by atoms with Gasteiger partial charge < -0.3 is 4.90 Å². The minimum Gasteiger partial charge on any atom is -0.356 e. The normalized spacial score (nSPS) is 13.9. The van der Waals surface area contributed by atoms with E-state index in [1.807, 2.05) is 30.5 Å². The van der Waals surface area contributed by atoms with Crippen molar-refractivity contribution in [3.63, 3.8) is 0 Å². The van der Waals surface area contributed by atoms with Crippen molar-refractivity contribution in [2.75, 3.05) is 23.4 Å². The number of piperidine rings is 1. The van der Waals surface area contributed by atoms with Gasteiger partial charge in [-0.25, -0.2) is 9.67 Å². The number of nitrogens with zero attached hydrogens (tertiary/aromatic N) is 5. The summed E-state index contributed by atoms with van der Waals surface area (Å²) in [6.45, 7) is 4.10. The molecule has 2 aromatic heterocycles. The molecule has 37 heavy (non-hydrogen) atoms. The van der Waals surface area contributed by atoms with E-state index in [4.69, 9.17) is 10.1 Å². The third kappa shape index (κ3) is 4.70. The predicted octanol–water partition coefficient (Wildman–Crippen LogP) is 6.83. The molecule has 1 N–H and O–H groups in total. The molecule has 1 fully saturated rings. The van der Waals surface area contributed by atoms with Crippen molar-refractivity contribution < 1.29 is 0 Å². The Morgan fingerprint density at radius 3 is 2.32 bits per heavy atom. The Bertz CT molecular complexity index is 1530. The summed E-state index contributed by atoms with van der Waals surface area (Å²) in [7, 11) is 0. The first-order valence-corrected chi connectivity index (χ1v) is 12.9. The highest BCUT2D eigenvalue weighted by atomic mass is 15.4. The Labute approximate surface area is 217 Å². The SMILES string of the molecule is Cc1nn(-c2ccccc2)c(N2CCCCC2)c1/C=N\Nc1cc(-c2ccccc2)c2ccccc2n1. The number of rotatable bonds is 6. The number of fused-ring (bicyclic) bond motifs is 1. The molecular weight excluding hydrogens is 456 g/mol. The first-order chi connectivity index (χ1) is 18.3. The molecule has 1 aliphatic rings. The van der Waals surface area contributed by atoms with Crippen molar-refractivity contribution in [3.05, 3.63) is 102 Å². The standard InChI is InChI=1S/C31H30N6/c1-23-28(31(36-19-11-4-12-20-36)37(35-23)25-15-7-3-8-16-25)22-32-34-30-21-27(24-13-5-2-6-14-24)26-17-9-10-18-29(26)33-30/h2-3,5-10,13-18,21-22H,4,11-12,19-20H2,1H3,(H,33,34)/b32-22-. The fraction of sp³-hybridized carbons (Fsp3) is 0.194. The summed E-state index contributed by atoms with van der Waals surface area (Å²) in [5.41, 5.74) is 9.46. The second kappa shape index (κ2) is 10.3. The van der Waals surface area contributed by atoms with Crippen molar-refractivity contribution in [3.8, 4) is 16.8 Å². The van der Waals surface area contributed by atoms with Crippen molar-refractivity contribution in [2.45, 2.75) is 26.2 Å². The second-order valence-corrected chi connectivity index (χ2v) is 9.43. The Morgan fingerprint density at radius 2 is 1.54 bits per heavy atom. The van der Waals surface area contributed by atoms with Gasteiger partial charge in [-0.3, -0.25) is 5.43 Å². The number of hydrogen-bond donors (Lipinski definition) is 1. The van der Waals surface area contributed by atoms with Crippen LogP contribution in [0.2, 0.25) is 0 Å². The molecule has 0 radical (unpaired) electrons. The molecular formula is C31H30N6. The number of benzene rings is 3. The summed E-state index contributed by atoms with van der Waals surface area (Å²) in [6, 6.07) is 31.0. The molecule has 1 aliphatic heterocycles. The molecule has 0 unspecified atom stereocenters. The summed E-state index contributed by atoms with van der Waals surface area (Å²) >= 11 is 0. The van der Waals surface area contributed by atoms with Crippen LogP contribution < -0.4 is 10.3 Å². The van der Waals surface area contributed by atoms with E-state index in [0.29, 0.717) is 5.82 Å². The minimum atomic E-state index is 0.710. The monoisotopic (exact) mass is 486 g/mol. The van der Waals surface area contributed by atoms with Crippen LogP contribution in [-0.2, 0) is 0 Å². The molecule has 0 spiro atoms. The predicted molar refractivity (Wildman–Crippen MR) is 153 cm³/mol. The average Bonchev–Trinajstić information content (AvgIpc) is 3.30. The van der Waals surface area contributed by atoms with Gasteiger partial charge in [-0.2, -0.15) is 10.2 Å². The molecule has 1 saturated heterocycles. The fourth-order valence-electron chi connectivity index (χ4n) is 5.09. The van der Waals surface area contributed by atoms with Gasteiger partial charge in [0.15, 0.2) is 0 Å². The van der Waals surface area contributed by atoms with Crippen LogP contribution in [0.5, 0.6) is 0 Å². The zero-order valence-corrected chi connectivity index (χ0v) is 21.0. The van der Waals surface area contributed by atoms with Crippen molar-refractivity contribution >= 4 is 28.8 Å². The van der Waals surface area contributed by atoms with E-state index in [-0.39, 0.29) is 0 Å². The van der Waals surface area contributed by atoms with E-state index in [0.717, 1.165) is 57.9 Å². The molecule has 0 amide bonds. The molecule has 5 aromatic rings. The summed E-state index contributed by atoms with van der Waals surface area (Å²) in [5.74, 6) is 1.81.